The highest BCUT2D eigenvalue weighted by atomic mass is 35.5. The molecule has 0 bridgehead atoms. The Labute approximate surface area is 112 Å². The Morgan fingerprint density at radius 3 is 2.69 bits per heavy atom. The van der Waals surface area contributed by atoms with Gasteiger partial charge in [0.05, 0.1) is 9.71 Å². The highest BCUT2D eigenvalue weighted by Gasteiger charge is 2.37. The van der Waals surface area contributed by atoms with Gasteiger partial charge >= 0.3 is 0 Å². The average molecular weight is 277 g/mol. The second-order valence-corrected chi connectivity index (χ2v) is 7.60. The van der Waals surface area contributed by atoms with E-state index in [1.54, 1.807) is 11.3 Å². The van der Waals surface area contributed by atoms with Crippen molar-refractivity contribution in [3.8, 4) is 0 Å². The topological polar surface area (TPSA) is 0 Å². The summed E-state index contributed by atoms with van der Waals surface area (Å²) < 4.78 is 0.842. The Bertz CT molecular complexity index is 357. The van der Waals surface area contributed by atoms with Crippen LogP contribution in [0.2, 0.25) is 4.34 Å². The van der Waals surface area contributed by atoms with Gasteiger partial charge in [0.1, 0.15) is 0 Å². The molecule has 1 aromatic heterocycles. The van der Waals surface area contributed by atoms with Crippen molar-refractivity contribution in [3.63, 3.8) is 0 Å². The molecule has 0 saturated heterocycles. The number of hydrogen-bond acceptors (Lipinski definition) is 1. The van der Waals surface area contributed by atoms with E-state index in [2.05, 4.69) is 19.9 Å². The van der Waals surface area contributed by atoms with Gasteiger partial charge in [0.15, 0.2) is 0 Å². The molecule has 0 nitrogen and oxygen atoms in total. The fourth-order valence-corrected chi connectivity index (χ4v) is 4.52. The Kier molecular flexibility index (Phi) is 3.88. The minimum absolute atomic E-state index is 0.132. The maximum Gasteiger partial charge on any atom is 0.0931 e. The molecule has 0 radical (unpaired) electrons. The summed E-state index contributed by atoms with van der Waals surface area (Å²) in [5, 5.41) is 0.132. The summed E-state index contributed by atoms with van der Waals surface area (Å²) in [5.41, 5.74) is 0.362. The maximum atomic E-state index is 6.63. The summed E-state index contributed by atoms with van der Waals surface area (Å²) in [6.07, 6.45) is 5.20. The van der Waals surface area contributed by atoms with E-state index < -0.39 is 0 Å². The van der Waals surface area contributed by atoms with Crippen molar-refractivity contribution in [2.45, 2.75) is 44.9 Å². The van der Waals surface area contributed by atoms with Gasteiger partial charge in [0.25, 0.3) is 0 Å². The zero-order chi connectivity index (χ0) is 11.8. The van der Waals surface area contributed by atoms with E-state index in [-0.39, 0.29) is 5.38 Å². The van der Waals surface area contributed by atoms with Crippen LogP contribution in [-0.2, 0) is 0 Å². The number of halogens is 2. The van der Waals surface area contributed by atoms with Gasteiger partial charge in [-0.05, 0) is 36.3 Å². The molecule has 1 fully saturated rings. The van der Waals surface area contributed by atoms with Crippen LogP contribution in [0, 0.1) is 11.3 Å². The van der Waals surface area contributed by atoms with E-state index in [9.17, 15) is 0 Å². The predicted octanol–water partition coefficient (Wildman–Crippen LogP) is 5.90. The lowest BCUT2D eigenvalue weighted by Crippen LogP contribution is -2.30. The fraction of sp³-hybridized carbons (Fsp3) is 0.692. The lowest BCUT2D eigenvalue weighted by molar-refractivity contribution is 0.134. The highest BCUT2D eigenvalue weighted by molar-refractivity contribution is 7.16. The molecule has 1 saturated carbocycles. The molecule has 3 heteroatoms. The first-order valence-corrected chi connectivity index (χ1v) is 7.53. The van der Waals surface area contributed by atoms with Gasteiger partial charge in [-0.15, -0.1) is 22.9 Å². The zero-order valence-electron chi connectivity index (χ0n) is 9.80. The Morgan fingerprint density at radius 2 is 2.12 bits per heavy atom. The maximum absolute atomic E-state index is 6.63. The summed E-state index contributed by atoms with van der Waals surface area (Å²) in [6, 6.07) is 4.03. The molecular weight excluding hydrogens is 259 g/mol. The number of thiophene rings is 1. The van der Waals surface area contributed by atoms with Crippen LogP contribution in [-0.4, -0.2) is 0 Å². The first-order chi connectivity index (χ1) is 7.50. The number of alkyl halides is 1. The molecular formula is C13H18Cl2S. The second kappa shape index (κ2) is 4.88. The molecule has 16 heavy (non-hydrogen) atoms. The van der Waals surface area contributed by atoms with Crippen molar-refractivity contribution in [2.75, 3.05) is 0 Å². The highest BCUT2D eigenvalue weighted by Crippen LogP contribution is 2.50. The van der Waals surface area contributed by atoms with Crippen molar-refractivity contribution in [1.82, 2.24) is 0 Å². The summed E-state index contributed by atoms with van der Waals surface area (Å²) in [5.74, 6) is 0.581. The monoisotopic (exact) mass is 276 g/mol. The molecule has 0 amide bonds. The largest absolute Gasteiger partial charge is 0.127 e. The van der Waals surface area contributed by atoms with Crippen molar-refractivity contribution in [2.24, 2.45) is 11.3 Å². The van der Waals surface area contributed by atoms with Crippen molar-refractivity contribution in [3.05, 3.63) is 21.3 Å². The van der Waals surface area contributed by atoms with E-state index in [4.69, 9.17) is 23.2 Å². The minimum Gasteiger partial charge on any atom is -0.127 e. The minimum atomic E-state index is 0.132. The molecule has 1 heterocycles. The number of rotatable bonds is 2. The summed E-state index contributed by atoms with van der Waals surface area (Å²) in [6.45, 7) is 4.70. The molecule has 0 aromatic carbocycles. The third-order valence-electron chi connectivity index (χ3n) is 3.81. The first-order valence-electron chi connectivity index (χ1n) is 5.90. The Balaban J connectivity index is 2.17. The molecule has 1 aromatic rings. The van der Waals surface area contributed by atoms with Crippen molar-refractivity contribution >= 4 is 34.5 Å². The molecule has 1 aliphatic carbocycles. The molecule has 90 valence electrons. The summed E-state index contributed by atoms with van der Waals surface area (Å²) in [4.78, 5) is 1.23. The van der Waals surface area contributed by atoms with Gasteiger partial charge in [-0.2, -0.15) is 0 Å². The van der Waals surface area contributed by atoms with Crippen LogP contribution < -0.4 is 0 Å². The van der Waals surface area contributed by atoms with Crippen molar-refractivity contribution < 1.29 is 0 Å². The van der Waals surface area contributed by atoms with E-state index in [1.165, 1.54) is 30.6 Å². The molecule has 2 atom stereocenters. The van der Waals surface area contributed by atoms with Gasteiger partial charge in [-0.1, -0.05) is 38.3 Å². The van der Waals surface area contributed by atoms with Crippen LogP contribution in [0.1, 0.15) is 49.8 Å². The quantitative estimate of drug-likeness (QED) is 0.590. The molecule has 2 unspecified atom stereocenters. The summed E-state index contributed by atoms with van der Waals surface area (Å²) >= 11 is 14.2. The molecule has 1 aliphatic rings. The zero-order valence-corrected chi connectivity index (χ0v) is 12.1. The molecule has 0 spiro atoms. The molecule has 0 N–H and O–H groups in total. The van der Waals surface area contributed by atoms with E-state index in [0.717, 1.165) is 4.34 Å². The SMILES string of the molecule is CC1(C)CCCCC1C(Cl)c1ccc(Cl)s1. The summed E-state index contributed by atoms with van der Waals surface area (Å²) in [7, 11) is 0. The van der Waals surface area contributed by atoms with Gasteiger partial charge in [-0.3, -0.25) is 0 Å². The van der Waals surface area contributed by atoms with Crippen LogP contribution in [0.25, 0.3) is 0 Å². The van der Waals surface area contributed by atoms with Crippen LogP contribution in [0.4, 0.5) is 0 Å². The lowest BCUT2D eigenvalue weighted by atomic mass is 9.67. The van der Waals surface area contributed by atoms with Crippen LogP contribution in [0.3, 0.4) is 0 Å². The Hall–Kier alpha value is 0.280. The van der Waals surface area contributed by atoms with Gasteiger partial charge in [-0.25, -0.2) is 0 Å². The van der Waals surface area contributed by atoms with Crippen LogP contribution in [0.15, 0.2) is 12.1 Å². The Morgan fingerprint density at radius 1 is 1.38 bits per heavy atom. The van der Waals surface area contributed by atoms with E-state index in [1.807, 2.05) is 6.07 Å². The first kappa shape index (κ1) is 12.7. The lowest BCUT2D eigenvalue weighted by Gasteiger charge is -2.41. The van der Waals surface area contributed by atoms with E-state index in [0.29, 0.717) is 11.3 Å². The van der Waals surface area contributed by atoms with Gasteiger partial charge < -0.3 is 0 Å². The standard InChI is InChI=1S/C13H18Cl2S/c1-13(2)8-4-3-5-9(13)12(15)10-6-7-11(14)16-10/h6-7,9,12H,3-5,8H2,1-2H3. The fourth-order valence-electron chi connectivity index (χ4n) is 2.74. The van der Waals surface area contributed by atoms with Gasteiger partial charge in [0.2, 0.25) is 0 Å². The predicted molar refractivity (Wildman–Crippen MR) is 73.7 cm³/mol. The normalized spacial score (nSPS) is 26.6. The third-order valence-corrected chi connectivity index (χ3v) is 5.79. The number of hydrogen-bond donors (Lipinski definition) is 0. The van der Waals surface area contributed by atoms with Crippen LogP contribution in [0.5, 0.6) is 0 Å². The smallest absolute Gasteiger partial charge is 0.0931 e. The van der Waals surface area contributed by atoms with Crippen LogP contribution >= 0.6 is 34.5 Å². The van der Waals surface area contributed by atoms with Crippen molar-refractivity contribution in [1.29, 1.82) is 0 Å². The van der Waals surface area contributed by atoms with E-state index >= 15 is 0 Å². The second-order valence-electron chi connectivity index (χ2n) is 5.38. The average Bonchev–Trinajstić information content (AvgIpc) is 2.63. The third kappa shape index (κ3) is 2.57. The molecule has 2 rings (SSSR count). The van der Waals surface area contributed by atoms with Gasteiger partial charge in [0, 0.05) is 4.88 Å². The molecule has 0 aliphatic heterocycles.